The Morgan fingerprint density at radius 1 is 1.34 bits per heavy atom. The van der Waals surface area contributed by atoms with Gasteiger partial charge in [-0.2, -0.15) is 5.26 Å². The fourth-order valence-corrected chi connectivity index (χ4v) is 2.32. The third-order valence-electron chi connectivity index (χ3n) is 3.36. The van der Waals surface area contributed by atoms with E-state index in [4.69, 9.17) is 26.3 Å². The van der Waals surface area contributed by atoms with E-state index in [1.54, 1.807) is 0 Å². The fourth-order valence-electron chi connectivity index (χ4n) is 1.95. The van der Waals surface area contributed by atoms with E-state index < -0.39 is 29.9 Å². The molecule has 0 aliphatic carbocycles. The molecule has 0 bridgehead atoms. The molecule has 29 heavy (non-hydrogen) atoms. The zero-order valence-corrected chi connectivity index (χ0v) is 16.3. The van der Waals surface area contributed by atoms with E-state index in [-0.39, 0.29) is 16.0 Å². The van der Waals surface area contributed by atoms with Gasteiger partial charge in [-0.3, -0.25) is 10.2 Å². The summed E-state index contributed by atoms with van der Waals surface area (Å²) < 4.78 is 18.7. The smallest absolute Gasteiger partial charge is 0.263 e. The van der Waals surface area contributed by atoms with Crippen molar-refractivity contribution in [2.75, 3.05) is 6.61 Å². The summed E-state index contributed by atoms with van der Waals surface area (Å²) in [5.74, 6) is -1.78. The number of hydrogen-bond donors (Lipinski definition) is 4. The van der Waals surface area contributed by atoms with Crippen molar-refractivity contribution in [3.63, 3.8) is 0 Å². The molecule has 0 saturated heterocycles. The number of nitrogens with zero attached hydrogens (tertiary/aromatic N) is 3. The minimum Gasteiger partial charge on any atom is -0.484 e. The maximum absolute atomic E-state index is 13.3. The summed E-state index contributed by atoms with van der Waals surface area (Å²) >= 11 is 3.00. The van der Waals surface area contributed by atoms with Crippen LogP contribution in [0, 0.1) is 22.6 Å². The molecule has 0 aromatic heterocycles. The number of nitriles is 1. The number of ether oxygens (including phenoxy) is 1. The lowest BCUT2D eigenvalue weighted by atomic mass is 10.2. The van der Waals surface area contributed by atoms with Crippen LogP contribution in [0.3, 0.4) is 0 Å². The first-order valence-corrected chi connectivity index (χ1v) is 8.66. The lowest BCUT2D eigenvalue weighted by molar-refractivity contribution is -0.121. The van der Waals surface area contributed by atoms with Crippen LogP contribution in [0.1, 0.15) is 5.56 Å². The molecule has 0 spiro atoms. The highest BCUT2D eigenvalue weighted by Gasteiger charge is 2.16. The second-order valence-corrected chi connectivity index (χ2v) is 6.25. The highest BCUT2D eigenvalue weighted by Crippen LogP contribution is 2.22. The molecule has 0 saturated carbocycles. The molecule has 2 aromatic rings. The molecule has 5 N–H and O–H groups in total. The average molecular weight is 461 g/mol. The summed E-state index contributed by atoms with van der Waals surface area (Å²) in [6.07, 6.45) is 0. The van der Waals surface area contributed by atoms with Crippen molar-refractivity contribution in [3.05, 3.63) is 58.3 Å². The van der Waals surface area contributed by atoms with Crippen molar-refractivity contribution in [1.29, 1.82) is 10.7 Å². The largest absolute Gasteiger partial charge is 0.484 e. The normalized spacial score (nSPS) is 11.5. The van der Waals surface area contributed by atoms with Crippen LogP contribution in [0.15, 0.2) is 57.1 Å². The van der Waals surface area contributed by atoms with Crippen LogP contribution in [0.25, 0.3) is 0 Å². The van der Waals surface area contributed by atoms with Crippen LogP contribution in [0.2, 0.25) is 0 Å². The number of nitrogens with two attached hydrogens (primary N) is 1. The predicted molar refractivity (Wildman–Crippen MR) is 107 cm³/mol. The topological polar surface area (TPSA) is 157 Å². The molecule has 2 rings (SSSR count). The van der Waals surface area contributed by atoms with Gasteiger partial charge in [0.2, 0.25) is 5.84 Å². The zero-order chi connectivity index (χ0) is 21.4. The molecule has 0 aliphatic heterocycles. The SMILES string of the molecule is N#Cc1ccc(OCC(=O)N/C(=N/O)C(=N)C(N)=Nc2ccc(F)c(Br)c2)cc1. The number of nitrogens with one attached hydrogen (secondary N) is 2. The van der Waals surface area contributed by atoms with E-state index in [2.05, 4.69) is 31.4 Å². The van der Waals surface area contributed by atoms with Crippen LogP contribution in [-0.4, -0.2) is 35.1 Å². The molecule has 0 heterocycles. The van der Waals surface area contributed by atoms with E-state index in [0.717, 1.165) is 6.07 Å². The Hall–Kier alpha value is -3.78. The van der Waals surface area contributed by atoms with Crippen LogP contribution in [0.5, 0.6) is 5.75 Å². The van der Waals surface area contributed by atoms with Crippen molar-refractivity contribution >= 4 is 44.9 Å². The number of halogens is 2. The zero-order valence-electron chi connectivity index (χ0n) is 14.7. The van der Waals surface area contributed by atoms with Gasteiger partial charge in [0.25, 0.3) is 5.91 Å². The Kier molecular flexibility index (Phi) is 7.39. The Morgan fingerprint density at radius 3 is 2.62 bits per heavy atom. The van der Waals surface area contributed by atoms with Gasteiger partial charge in [0, 0.05) is 0 Å². The summed E-state index contributed by atoms with van der Waals surface area (Å²) in [6, 6.07) is 11.9. The number of carbonyl (C=O) groups excluding carboxylic acids is 1. The van der Waals surface area contributed by atoms with E-state index in [1.165, 1.54) is 36.4 Å². The minimum absolute atomic E-state index is 0.155. The van der Waals surface area contributed by atoms with Gasteiger partial charge < -0.3 is 21.0 Å². The van der Waals surface area contributed by atoms with Gasteiger partial charge in [-0.25, -0.2) is 9.38 Å². The Bertz CT molecular complexity index is 1030. The number of amides is 1. The van der Waals surface area contributed by atoms with Crippen molar-refractivity contribution in [3.8, 4) is 11.8 Å². The first-order chi connectivity index (χ1) is 13.8. The van der Waals surface area contributed by atoms with Gasteiger partial charge in [-0.05, 0) is 58.4 Å². The molecule has 148 valence electrons. The molecule has 1 amide bonds. The quantitative estimate of drug-likeness (QED) is 0.225. The van der Waals surface area contributed by atoms with Crippen molar-refractivity contribution < 1.29 is 19.1 Å². The van der Waals surface area contributed by atoms with Crippen molar-refractivity contribution in [1.82, 2.24) is 5.32 Å². The van der Waals surface area contributed by atoms with Gasteiger partial charge in [0.05, 0.1) is 21.8 Å². The number of amidine groups is 2. The second kappa shape index (κ2) is 9.95. The molecule has 9 nitrogen and oxygen atoms in total. The number of benzene rings is 2. The number of oxime groups is 1. The monoisotopic (exact) mass is 460 g/mol. The third kappa shape index (κ3) is 6.12. The van der Waals surface area contributed by atoms with Crippen LogP contribution < -0.4 is 15.8 Å². The molecule has 0 radical (unpaired) electrons. The first kappa shape index (κ1) is 21.5. The second-order valence-electron chi connectivity index (χ2n) is 5.39. The van der Waals surface area contributed by atoms with Crippen LogP contribution in [0.4, 0.5) is 10.1 Å². The molecular weight excluding hydrogens is 447 g/mol. The molecule has 0 fully saturated rings. The molecule has 11 heteroatoms. The first-order valence-electron chi connectivity index (χ1n) is 7.87. The van der Waals surface area contributed by atoms with Gasteiger partial charge in [-0.15, -0.1) is 0 Å². The Morgan fingerprint density at radius 2 is 2.03 bits per heavy atom. The fraction of sp³-hybridized carbons (Fsp3) is 0.0556. The van der Waals surface area contributed by atoms with Crippen LogP contribution in [-0.2, 0) is 4.79 Å². The Labute approximate surface area is 172 Å². The van der Waals surface area contributed by atoms with Crippen molar-refractivity contribution in [2.24, 2.45) is 15.9 Å². The maximum atomic E-state index is 13.3. The molecule has 2 aromatic carbocycles. The molecular formula is C18H14BrFN6O3. The highest BCUT2D eigenvalue weighted by atomic mass is 79.9. The predicted octanol–water partition coefficient (Wildman–Crippen LogP) is 2.45. The number of rotatable bonds is 6. The van der Waals surface area contributed by atoms with Gasteiger partial charge in [0.1, 0.15) is 17.3 Å². The third-order valence-corrected chi connectivity index (χ3v) is 3.96. The molecule has 0 atom stereocenters. The lowest BCUT2D eigenvalue weighted by Gasteiger charge is -2.09. The summed E-state index contributed by atoms with van der Waals surface area (Å²) in [5.41, 5.74) is 5.82. The van der Waals surface area contributed by atoms with Crippen LogP contribution >= 0.6 is 15.9 Å². The summed E-state index contributed by atoms with van der Waals surface area (Å²) in [6.45, 7) is -0.444. The average Bonchev–Trinajstić information content (AvgIpc) is 2.73. The van der Waals surface area contributed by atoms with E-state index >= 15 is 0 Å². The number of aliphatic imine (C=N–C) groups is 1. The van der Waals surface area contributed by atoms with Crippen molar-refractivity contribution in [2.45, 2.75) is 0 Å². The Balaban J connectivity index is 1.99. The van der Waals surface area contributed by atoms with Gasteiger partial charge in [0.15, 0.2) is 12.4 Å². The van der Waals surface area contributed by atoms with Gasteiger partial charge >= 0.3 is 0 Å². The van der Waals surface area contributed by atoms with E-state index in [0.29, 0.717) is 11.3 Å². The van der Waals surface area contributed by atoms with Gasteiger partial charge in [-0.1, -0.05) is 5.16 Å². The minimum atomic E-state index is -0.718. The number of carbonyl (C=O) groups is 1. The molecule has 0 aliphatic rings. The van der Waals surface area contributed by atoms with E-state index in [1.807, 2.05) is 6.07 Å². The summed E-state index contributed by atoms with van der Waals surface area (Å²) in [5, 5.41) is 30.7. The summed E-state index contributed by atoms with van der Waals surface area (Å²) in [4.78, 5) is 15.9. The number of hydrogen-bond acceptors (Lipinski definition) is 7. The lowest BCUT2D eigenvalue weighted by Crippen LogP contribution is -2.43. The standard InChI is InChI=1S/C18H14BrFN6O3/c19-13-7-11(3-6-14(13)20)24-17(23)16(22)18(26-28)25-15(27)9-29-12-4-1-10(8-21)2-5-12/h1-7,22,28H,9H2,(H2,23,24)(H,25,26,27). The van der Waals surface area contributed by atoms with E-state index in [9.17, 15) is 9.18 Å². The highest BCUT2D eigenvalue weighted by molar-refractivity contribution is 9.10. The summed E-state index contributed by atoms with van der Waals surface area (Å²) in [7, 11) is 0. The molecule has 0 unspecified atom stereocenters. The maximum Gasteiger partial charge on any atom is 0.263 e.